The highest BCUT2D eigenvalue weighted by Crippen LogP contribution is 2.27. The molecule has 4 rings (SSSR count). The first-order chi connectivity index (χ1) is 15.4. The molecule has 0 atom stereocenters. The van der Waals surface area contributed by atoms with Gasteiger partial charge in [-0.1, -0.05) is 30.3 Å². The number of carboxylic acid groups (broad SMARTS) is 1. The second kappa shape index (κ2) is 8.89. The maximum atomic E-state index is 14.0. The number of aryl methyl sites for hydroxylation is 1. The molecule has 0 fully saturated rings. The lowest BCUT2D eigenvalue weighted by molar-refractivity contribution is -0.137. The summed E-state index contributed by atoms with van der Waals surface area (Å²) >= 11 is 0. The summed E-state index contributed by atoms with van der Waals surface area (Å²) in [6.07, 6.45) is 0. The molecule has 0 saturated heterocycles. The number of carbonyl (C=O) groups excluding carboxylic acids is 1. The van der Waals surface area contributed by atoms with E-state index in [1.54, 1.807) is 49.4 Å². The quantitative estimate of drug-likeness (QED) is 0.450. The lowest BCUT2D eigenvalue weighted by Crippen LogP contribution is -2.35. The van der Waals surface area contributed by atoms with Crippen molar-refractivity contribution in [3.05, 3.63) is 89.8 Å². The van der Waals surface area contributed by atoms with E-state index in [1.165, 1.54) is 6.07 Å². The van der Waals surface area contributed by atoms with Gasteiger partial charge in [-0.15, -0.1) is 0 Å². The molecule has 2 aromatic heterocycles. The maximum absolute atomic E-state index is 14.0. The van der Waals surface area contributed by atoms with Crippen LogP contribution in [0.2, 0.25) is 0 Å². The highest BCUT2D eigenvalue weighted by atomic mass is 19.1. The van der Waals surface area contributed by atoms with E-state index in [2.05, 4.69) is 4.98 Å². The molecule has 0 aliphatic heterocycles. The van der Waals surface area contributed by atoms with Gasteiger partial charge < -0.3 is 18.8 Å². The van der Waals surface area contributed by atoms with E-state index < -0.39 is 24.2 Å². The number of carbonyl (C=O) groups is 2. The van der Waals surface area contributed by atoms with E-state index >= 15 is 0 Å². The third-order valence-corrected chi connectivity index (χ3v) is 4.77. The first kappa shape index (κ1) is 21.0. The number of furan rings is 1. The fourth-order valence-electron chi connectivity index (χ4n) is 3.26. The molecule has 1 N–H and O–H groups in total. The number of oxazole rings is 1. The van der Waals surface area contributed by atoms with E-state index in [4.69, 9.17) is 8.83 Å². The van der Waals surface area contributed by atoms with Gasteiger partial charge >= 0.3 is 5.97 Å². The minimum Gasteiger partial charge on any atom is -0.480 e. The molecule has 0 radical (unpaired) electrons. The zero-order valence-electron chi connectivity index (χ0n) is 17.1. The molecule has 2 aromatic carbocycles. The monoisotopic (exact) mass is 434 g/mol. The Kier molecular flexibility index (Phi) is 5.85. The van der Waals surface area contributed by atoms with Gasteiger partial charge in [0.2, 0.25) is 11.7 Å². The fourth-order valence-corrected chi connectivity index (χ4v) is 3.26. The zero-order chi connectivity index (χ0) is 22.7. The molecule has 0 aliphatic rings. The lowest BCUT2D eigenvalue weighted by Gasteiger charge is -2.18. The number of benzene rings is 2. The standard InChI is InChI=1S/C24H19FN2O5/c1-15-22(32-23(26-15)16-7-3-2-4-8-16)24(30)27(14-21(28)29)13-17-11-12-20(31-17)18-9-5-6-10-19(18)25/h2-12H,13-14H2,1H3,(H,28,29). The number of halogens is 1. The summed E-state index contributed by atoms with van der Waals surface area (Å²) in [6.45, 7) is 0.904. The molecule has 0 saturated carbocycles. The van der Waals surface area contributed by atoms with Crippen LogP contribution in [0.1, 0.15) is 22.0 Å². The smallest absolute Gasteiger partial charge is 0.323 e. The number of carboxylic acids is 1. The van der Waals surface area contributed by atoms with Crippen molar-refractivity contribution < 1.29 is 27.9 Å². The Morgan fingerprint density at radius 1 is 1.00 bits per heavy atom. The topological polar surface area (TPSA) is 96.8 Å². The van der Waals surface area contributed by atoms with Crippen LogP contribution in [0, 0.1) is 12.7 Å². The van der Waals surface area contributed by atoms with E-state index in [9.17, 15) is 19.1 Å². The second-order valence-electron chi connectivity index (χ2n) is 7.10. The molecule has 32 heavy (non-hydrogen) atoms. The summed E-state index contributed by atoms with van der Waals surface area (Å²) in [7, 11) is 0. The van der Waals surface area contributed by atoms with Crippen molar-refractivity contribution in [2.75, 3.05) is 6.54 Å². The first-order valence-electron chi connectivity index (χ1n) is 9.80. The average Bonchev–Trinajstić information content (AvgIpc) is 3.40. The van der Waals surface area contributed by atoms with Crippen LogP contribution in [0.25, 0.3) is 22.8 Å². The molecule has 2 heterocycles. The minimum absolute atomic E-state index is 0.0500. The summed E-state index contributed by atoms with van der Waals surface area (Å²) in [5.41, 5.74) is 1.31. The lowest BCUT2D eigenvalue weighted by atomic mass is 10.1. The Labute approximate surface area is 182 Å². The number of hydrogen-bond donors (Lipinski definition) is 1. The van der Waals surface area contributed by atoms with Crippen molar-refractivity contribution in [2.45, 2.75) is 13.5 Å². The van der Waals surface area contributed by atoms with Gasteiger partial charge in [0.15, 0.2) is 0 Å². The Morgan fingerprint density at radius 3 is 2.44 bits per heavy atom. The fraction of sp³-hybridized carbons (Fsp3) is 0.125. The Balaban J connectivity index is 1.60. The highest BCUT2D eigenvalue weighted by Gasteiger charge is 2.26. The number of aliphatic carboxylic acids is 1. The molecule has 0 unspecified atom stereocenters. The molecule has 162 valence electrons. The van der Waals surface area contributed by atoms with Gasteiger partial charge in [-0.3, -0.25) is 9.59 Å². The SMILES string of the molecule is Cc1nc(-c2ccccc2)oc1C(=O)N(CC(=O)O)Cc1ccc(-c2ccccc2F)o1. The van der Waals surface area contributed by atoms with Gasteiger partial charge in [0.25, 0.3) is 5.91 Å². The number of nitrogens with zero attached hydrogens (tertiary/aromatic N) is 2. The van der Waals surface area contributed by atoms with Crippen LogP contribution in [0.3, 0.4) is 0 Å². The summed E-state index contributed by atoms with van der Waals surface area (Å²) in [4.78, 5) is 29.9. The Hall–Kier alpha value is -4.20. The predicted molar refractivity (Wildman–Crippen MR) is 113 cm³/mol. The predicted octanol–water partition coefficient (Wildman–Crippen LogP) is 4.78. The van der Waals surface area contributed by atoms with E-state index in [0.29, 0.717) is 17.0 Å². The van der Waals surface area contributed by atoms with Gasteiger partial charge in [-0.05, 0) is 43.3 Å². The summed E-state index contributed by atoms with van der Waals surface area (Å²) in [5.74, 6) is -1.48. The van der Waals surface area contributed by atoms with Crippen LogP contribution >= 0.6 is 0 Å². The van der Waals surface area contributed by atoms with Gasteiger partial charge in [0, 0.05) is 5.56 Å². The van der Waals surface area contributed by atoms with Crippen LogP contribution in [0.4, 0.5) is 4.39 Å². The first-order valence-corrected chi connectivity index (χ1v) is 9.80. The number of aromatic nitrogens is 1. The molecule has 1 amide bonds. The molecule has 0 spiro atoms. The van der Waals surface area contributed by atoms with Crippen LogP contribution in [-0.2, 0) is 11.3 Å². The number of amides is 1. The van der Waals surface area contributed by atoms with Gasteiger partial charge in [0.05, 0.1) is 17.8 Å². The Bertz CT molecular complexity index is 1260. The van der Waals surface area contributed by atoms with Crippen molar-refractivity contribution in [3.63, 3.8) is 0 Å². The summed E-state index contributed by atoms with van der Waals surface area (Å²) < 4.78 is 25.4. The minimum atomic E-state index is -1.19. The van der Waals surface area contributed by atoms with Crippen LogP contribution in [0.15, 0.2) is 75.6 Å². The van der Waals surface area contributed by atoms with E-state index in [-0.39, 0.29) is 29.5 Å². The van der Waals surface area contributed by atoms with Gasteiger partial charge in [-0.25, -0.2) is 9.37 Å². The van der Waals surface area contributed by atoms with E-state index in [0.717, 1.165) is 4.90 Å². The molecule has 7 nitrogen and oxygen atoms in total. The zero-order valence-corrected chi connectivity index (χ0v) is 17.1. The molecule has 0 bridgehead atoms. The number of hydrogen-bond acceptors (Lipinski definition) is 5. The summed E-state index contributed by atoms with van der Waals surface area (Å²) in [6, 6.07) is 18.3. The third-order valence-electron chi connectivity index (χ3n) is 4.77. The van der Waals surface area contributed by atoms with E-state index in [1.807, 2.05) is 18.2 Å². The van der Waals surface area contributed by atoms with Crippen molar-refractivity contribution in [1.82, 2.24) is 9.88 Å². The molecular formula is C24H19FN2O5. The highest BCUT2D eigenvalue weighted by molar-refractivity contribution is 5.94. The Morgan fingerprint density at radius 2 is 1.72 bits per heavy atom. The molecule has 4 aromatic rings. The molecular weight excluding hydrogens is 415 g/mol. The summed E-state index contributed by atoms with van der Waals surface area (Å²) in [5, 5.41) is 9.31. The maximum Gasteiger partial charge on any atom is 0.323 e. The van der Waals surface area contributed by atoms with Crippen molar-refractivity contribution in [1.29, 1.82) is 0 Å². The van der Waals surface area contributed by atoms with Crippen LogP contribution in [0.5, 0.6) is 0 Å². The van der Waals surface area contributed by atoms with Crippen molar-refractivity contribution >= 4 is 11.9 Å². The van der Waals surface area contributed by atoms with Crippen molar-refractivity contribution in [3.8, 4) is 22.8 Å². The molecule has 8 heteroatoms. The van der Waals surface area contributed by atoms with Crippen LogP contribution in [-0.4, -0.2) is 33.4 Å². The number of rotatable bonds is 7. The third kappa shape index (κ3) is 4.44. The largest absolute Gasteiger partial charge is 0.480 e. The average molecular weight is 434 g/mol. The van der Waals surface area contributed by atoms with Gasteiger partial charge in [-0.2, -0.15) is 0 Å². The second-order valence-corrected chi connectivity index (χ2v) is 7.10. The molecule has 0 aliphatic carbocycles. The van der Waals surface area contributed by atoms with Crippen molar-refractivity contribution in [2.24, 2.45) is 0 Å². The van der Waals surface area contributed by atoms with Gasteiger partial charge in [0.1, 0.15) is 23.9 Å². The van der Waals surface area contributed by atoms with Crippen LogP contribution < -0.4 is 0 Å². The normalized spacial score (nSPS) is 10.8.